The van der Waals surface area contributed by atoms with Crippen LogP contribution in [0.4, 0.5) is 0 Å². The lowest BCUT2D eigenvalue weighted by molar-refractivity contribution is -0.143. The van der Waals surface area contributed by atoms with Crippen molar-refractivity contribution in [3.05, 3.63) is 34.9 Å². The number of carboxylic acid groups (broad SMARTS) is 1. The third-order valence-electron chi connectivity index (χ3n) is 3.88. The van der Waals surface area contributed by atoms with E-state index in [1.165, 1.54) is 5.56 Å². The van der Waals surface area contributed by atoms with Gasteiger partial charge in [-0.15, -0.1) is 0 Å². The predicted octanol–water partition coefficient (Wildman–Crippen LogP) is 3.63. The fourth-order valence-electron chi connectivity index (χ4n) is 2.77. The van der Waals surface area contributed by atoms with Crippen LogP contribution in [0.25, 0.3) is 0 Å². The Bertz CT molecular complexity index is 432. The number of aliphatic carboxylic acids is 1. The molecule has 19 heavy (non-hydrogen) atoms. The first-order chi connectivity index (χ1) is 9.06. The molecule has 0 bridgehead atoms. The molecule has 0 radical (unpaired) electrons. The van der Waals surface area contributed by atoms with E-state index in [9.17, 15) is 4.79 Å². The van der Waals surface area contributed by atoms with Crippen LogP contribution >= 0.6 is 11.6 Å². The monoisotopic (exact) mass is 281 g/mol. The summed E-state index contributed by atoms with van der Waals surface area (Å²) in [6.45, 7) is 2.10. The summed E-state index contributed by atoms with van der Waals surface area (Å²) in [6.07, 6.45) is 3.58. The van der Waals surface area contributed by atoms with Gasteiger partial charge in [-0.25, -0.2) is 0 Å². The Morgan fingerprint density at radius 2 is 2.05 bits per heavy atom. The molecule has 2 N–H and O–H groups in total. The van der Waals surface area contributed by atoms with Crippen molar-refractivity contribution in [2.45, 2.75) is 44.7 Å². The van der Waals surface area contributed by atoms with Gasteiger partial charge >= 0.3 is 5.97 Å². The van der Waals surface area contributed by atoms with Gasteiger partial charge in [-0.3, -0.25) is 4.79 Å². The maximum absolute atomic E-state index is 11.1. The molecule has 104 valence electrons. The lowest BCUT2D eigenvalue weighted by Gasteiger charge is -2.30. The van der Waals surface area contributed by atoms with Crippen LogP contribution in [0.2, 0.25) is 5.02 Å². The molecule has 0 aliphatic heterocycles. The van der Waals surface area contributed by atoms with Gasteiger partial charge in [-0.2, -0.15) is 0 Å². The first-order valence-electron chi connectivity index (χ1n) is 6.80. The number of carboxylic acids is 1. The maximum Gasteiger partial charge on any atom is 0.306 e. The van der Waals surface area contributed by atoms with Gasteiger partial charge in [0.05, 0.1) is 5.92 Å². The molecule has 1 aromatic rings. The van der Waals surface area contributed by atoms with E-state index in [-0.39, 0.29) is 12.0 Å². The first-order valence-corrected chi connectivity index (χ1v) is 7.18. The zero-order chi connectivity index (χ0) is 13.8. The van der Waals surface area contributed by atoms with Gasteiger partial charge in [0.1, 0.15) is 0 Å². The fraction of sp³-hybridized carbons (Fsp3) is 0.533. The summed E-state index contributed by atoms with van der Waals surface area (Å²) < 4.78 is 0. The average Bonchev–Trinajstić information content (AvgIpc) is 2.39. The van der Waals surface area contributed by atoms with Gasteiger partial charge in [-0.05, 0) is 43.9 Å². The second-order valence-corrected chi connectivity index (χ2v) is 5.78. The zero-order valence-electron chi connectivity index (χ0n) is 11.1. The highest BCUT2D eigenvalue weighted by atomic mass is 35.5. The van der Waals surface area contributed by atoms with Crippen molar-refractivity contribution in [2.75, 3.05) is 0 Å². The van der Waals surface area contributed by atoms with E-state index >= 15 is 0 Å². The standard InChI is InChI=1S/C15H20ClNO2/c1-10(11-5-7-13(16)8-6-11)17-14-4-2-3-12(9-14)15(18)19/h5-8,10,12,14,17H,2-4,9H2,1H3,(H,18,19)/t10-,12?,14?/m1/s1. The number of rotatable bonds is 4. The summed E-state index contributed by atoms with van der Waals surface area (Å²) in [5.74, 6) is -0.852. The summed E-state index contributed by atoms with van der Waals surface area (Å²) in [7, 11) is 0. The lowest BCUT2D eigenvalue weighted by atomic mass is 9.85. The van der Waals surface area contributed by atoms with E-state index in [4.69, 9.17) is 16.7 Å². The Morgan fingerprint density at radius 1 is 1.37 bits per heavy atom. The minimum absolute atomic E-state index is 0.191. The van der Waals surface area contributed by atoms with Gasteiger partial charge in [0.25, 0.3) is 0 Å². The van der Waals surface area contributed by atoms with Crippen molar-refractivity contribution < 1.29 is 9.90 Å². The highest BCUT2D eigenvalue weighted by molar-refractivity contribution is 6.30. The van der Waals surface area contributed by atoms with Crippen LogP contribution in [0.15, 0.2) is 24.3 Å². The lowest BCUT2D eigenvalue weighted by Crippen LogP contribution is -2.37. The number of benzene rings is 1. The maximum atomic E-state index is 11.1. The molecule has 0 heterocycles. The smallest absolute Gasteiger partial charge is 0.306 e. The van der Waals surface area contributed by atoms with E-state index in [1.54, 1.807) is 0 Å². The predicted molar refractivity (Wildman–Crippen MR) is 76.4 cm³/mol. The summed E-state index contributed by atoms with van der Waals surface area (Å²) in [5.41, 5.74) is 1.18. The minimum Gasteiger partial charge on any atom is -0.481 e. The second-order valence-electron chi connectivity index (χ2n) is 5.34. The third kappa shape index (κ3) is 3.95. The van der Waals surface area contributed by atoms with Crippen molar-refractivity contribution in [3.63, 3.8) is 0 Å². The molecule has 1 aromatic carbocycles. The van der Waals surface area contributed by atoms with E-state index in [0.717, 1.165) is 30.7 Å². The molecule has 1 aliphatic carbocycles. The number of nitrogens with one attached hydrogen (secondary N) is 1. The minimum atomic E-state index is -0.661. The van der Waals surface area contributed by atoms with Gasteiger partial charge < -0.3 is 10.4 Å². The van der Waals surface area contributed by atoms with Gasteiger partial charge in [0, 0.05) is 17.1 Å². The number of halogens is 1. The number of hydrogen-bond acceptors (Lipinski definition) is 2. The van der Waals surface area contributed by atoms with Crippen LogP contribution in [0.1, 0.15) is 44.2 Å². The molecule has 4 heteroatoms. The topological polar surface area (TPSA) is 49.3 Å². The summed E-state index contributed by atoms with van der Waals surface area (Å²) in [4.78, 5) is 11.1. The summed E-state index contributed by atoms with van der Waals surface area (Å²) >= 11 is 5.88. The molecule has 1 aliphatic rings. The van der Waals surface area contributed by atoms with Crippen LogP contribution in [0, 0.1) is 5.92 Å². The van der Waals surface area contributed by atoms with E-state index in [1.807, 2.05) is 24.3 Å². The van der Waals surface area contributed by atoms with Crippen molar-refractivity contribution in [1.29, 1.82) is 0 Å². The summed E-state index contributed by atoms with van der Waals surface area (Å²) in [6, 6.07) is 8.30. The van der Waals surface area contributed by atoms with Gasteiger partial charge in [-0.1, -0.05) is 30.2 Å². The Labute approximate surface area is 119 Å². The van der Waals surface area contributed by atoms with Crippen LogP contribution in [0.3, 0.4) is 0 Å². The molecule has 2 unspecified atom stereocenters. The molecule has 0 saturated heterocycles. The van der Waals surface area contributed by atoms with Crippen LogP contribution in [-0.4, -0.2) is 17.1 Å². The summed E-state index contributed by atoms with van der Waals surface area (Å²) in [5, 5.41) is 13.4. The van der Waals surface area contributed by atoms with Crippen molar-refractivity contribution in [2.24, 2.45) is 5.92 Å². The highest BCUT2D eigenvalue weighted by Gasteiger charge is 2.27. The number of hydrogen-bond donors (Lipinski definition) is 2. The zero-order valence-corrected chi connectivity index (χ0v) is 11.9. The van der Waals surface area contributed by atoms with Crippen molar-refractivity contribution >= 4 is 17.6 Å². The Balaban J connectivity index is 1.93. The van der Waals surface area contributed by atoms with Crippen molar-refractivity contribution in [3.8, 4) is 0 Å². The molecule has 1 saturated carbocycles. The van der Waals surface area contributed by atoms with Crippen molar-refractivity contribution in [1.82, 2.24) is 5.32 Å². The molecule has 2 rings (SSSR count). The van der Waals surface area contributed by atoms with E-state index < -0.39 is 5.97 Å². The van der Waals surface area contributed by atoms with Gasteiger partial charge in [0.15, 0.2) is 0 Å². The van der Waals surface area contributed by atoms with Crippen LogP contribution in [0.5, 0.6) is 0 Å². The van der Waals surface area contributed by atoms with E-state index in [2.05, 4.69) is 12.2 Å². The molecule has 3 atom stereocenters. The third-order valence-corrected chi connectivity index (χ3v) is 4.13. The Morgan fingerprint density at radius 3 is 2.68 bits per heavy atom. The molecule has 0 amide bonds. The van der Waals surface area contributed by atoms with Crippen LogP contribution < -0.4 is 5.32 Å². The first kappa shape index (κ1) is 14.4. The Kier molecular flexibility index (Phi) is 4.83. The SMILES string of the molecule is C[C@@H](NC1CCCC(C(=O)O)C1)c1ccc(Cl)cc1. The quantitative estimate of drug-likeness (QED) is 0.886. The second kappa shape index (κ2) is 6.40. The molecule has 3 nitrogen and oxygen atoms in total. The molecule has 1 fully saturated rings. The highest BCUT2D eigenvalue weighted by Crippen LogP contribution is 2.26. The number of carbonyl (C=O) groups is 1. The molecule has 0 aromatic heterocycles. The fourth-order valence-corrected chi connectivity index (χ4v) is 2.89. The average molecular weight is 282 g/mol. The molecular weight excluding hydrogens is 262 g/mol. The largest absolute Gasteiger partial charge is 0.481 e. The van der Waals surface area contributed by atoms with Crippen LogP contribution in [-0.2, 0) is 4.79 Å². The Hall–Kier alpha value is -1.06. The van der Waals surface area contributed by atoms with E-state index in [0.29, 0.717) is 6.04 Å². The van der Waals surface area contributed by atoms with Gasteiger partial charge in [0.2, 0.25) is 0 Å². The molecular formula is C15H20ClNO2. The molecule has 0 spiro atoms. The normalized spacial score (nSPS) is 24.9.